The van der Waals surface area contributed by atoms with Crippen molar-refractivity contribution in [2.75, 3.05) is 0 Å². The molecule has 0 aliphatic heterocycles. The Labute approximate surface area is 293 Å². The van der Waals surface area contributed by atoms with Gasteiger partial charge in [0.15, 0.2) is 0 Å². The lowest BCUT2D eigenvalue weighted by Gasteiger charge is -2.14. The fourth-order valence-electron chi connectivity index (χ4n) is 8.45. The standard InChI is InChI=1S/C47H32N2S/c1-29-16-18-36-42-27-39-37(30-17-19-44-41(23-30)35-14-8-9-15-43(35)49(44)34-12-6-3-7-13-34)25-32-26-45-31(20-21-48(45)33-10-4-2-5-11-33)24-38(32)40(39)28-47(42)50-46(36)22-29/h2-21,23-29H,22H2,1H3. The molecule has 1 unspecified atom stereocenters. The first-order valence-corrected chi connectivity index (χ1v) is 18.3. The van der Waals surface area contributed by atoms with Gasteiger partial charge in [0.2, 0.25) is 0 Å². The predicted molar refractivity (Wildman–Crippen MR) is 215 cm³/mol. The molecule has 0 spiro atoms. The maximum absolute atomic E-state index is 2.49. The molecule has 0 N–H and O–H groups in total. The molecule has 0 fully saturated rings. The van der Waals surface area contributed by atoms with E-state index in [0.29, 0.717) is 5.92 Å². The number of hydrogen-bond acceptors (Lipinski definition) is 1. The molecule has 0 saturated carbocycles. The first-order valence-electron chi connectivity index (χ1n) is 17.5. The van der Waals surface area contributed by atoms with Crippen LogP contribution in [-0.2, 0) is 6.42 Å². The van der Waals surface area contributed by atoms with Crippen LogP contribution < -0.4 is 0 Å². The van der Waals surface area contributed by atoms with Gasteiger partial charge in [-0.2, -0.15) is 0 Å². The van der Waals surface area contributed by atoms with Crippen molar-refractivity contribution in [2.45, 2.75) is 13.3 Å². The second-order valence-corrected chi connectivity index (χ2v) is 15.0. The molecule has 7 aromatic carbocycles. The van der Waals surface area contributed by atoms with Gasteiger partial charge in [0.05, 0.1) is 16.6 Å². The molecule has 50 heavy (non-hydrogen) atoms. The van der Waals surface area contributed by atoms with Crippen LogP contribution in [0.25, 0.3) is 92.9 Å². The van der Waals surface area contributed by atoms with Crippen LogP contribution in [0.4, 0.5) is 0 Å². The molecule has 3 heteroatoms. The van der Waals surface area contributed by atoms with Gasteiger partial charge in [-0.1, -0.05) is 79.7 Å². The number of fused-ring (bicyclic) bond motifs is 10. The first kappa shape index (κ1) is 28.0. The quantitative estimate of drug-likeness (QED) is 0.168. The zero-order valence-electron chi connectivity index (χ0n) is 27.6. The van der Waals surface area contributed by atoms with E-state index < -0.39 is 0 Å². The maximum atomic E-state index is 2.49. The van der Waals surface area contributed by atoms with Crippen LogP contribution in [0.15, 0.2) is 152 Å². The third kappa shape index (κ3) is 4.08. The minimum Gasteiger partial charge on any atom is -0.317 e. The number of allylic oxidation sites excluding steroid dienone is 1. The Kier molecular flexibility index (Phi) is 5.90. The Bertz CT molecular complexity index is 3010. The molecule has 0 radical (unpaired) electrons. The Balaban J connectivity index is 1.23. The normalized spacial score (nSPS) is 14.5. The van der Waals surface area contributed by atoms with Gasteiger partial charge in [0.25, 0.3) is 0 Å². The van der Waals surface area contributed by atoms with E-state index in [-0.39, 0.29) is 0 Å². The first-order chi connectivity index (χ1) is 24.7. The van der Waals surface area contributed by atoms with E-state index in [1.807, 2.05) is 11.3 Å². The molecule has 0 amide bonds. The Morgan fingerprint density at radius 2 is 1.34 bits per heavy atom. The summed E-state index contributed by atoms with van der Waals surface area (Å²) in [5.74, 6) is 0.577. The monoisotopic (exact) mass is 656 g/mol. The van der Waals surface area contributed by atoms with E-state index in [1.54, 1.807) is 0 Å². The third-order valence-corrected chi connectivity index (χ3v) is 12.0. The minimum absolute atomic E-state index is 0.577. The lowest BCUT2D eigenvalue weighted by atomic mass is 9.90. The zero-order valence-corrected chi connectivity index (χ0v) is 28.4. The molecule has 2 nitrogen and oxygen atoms in total. The fourth-order valence-corrected chi connectivity index (χ4v) is 9.80. The highest BCUT2D eigenvalue weighted by atomic mass is 32.1. The van der Waals surface area contributed by atoms with Gasteiger partial charge in [0.1, 0.15) is 0 Å². The van der Waals surface area contributed by atoms with Crippen molar-refractivity contribution >= 4 is 81.8 Å². The van der Waals surface area contributed by atoms with E-state index in [2.05, 4.69) is 174 Å². The highest BCUT2D eigenvalue weighted by Gasteiger charge is 2.20. The summed E-state index contributed by atoms with van der Waals surface area (Å²) >= 11 is 1.98. The Hall–Kier alpha value is -5.90. The topological polar surface area (TPSA) is 9.86 Å². The molecule has 3 aromatic heterocycles. The second kappa shape index (κ2) is 10.5. The summed E-state index contributed by atoms with van der Waals surface area (Å²) in [6.45, 7) is 2.32. The van der Waals surface area contributed by atoms with Crippen molar-refractivity contribution in [3.63, 3.8) is 0 Å². The fraction of sp³-hybridized carbons (Fsp3) is 0.0638. The van der Waals surface area contributed by atoms with Crippen LogP contribution in [-0.4, -0.2) is 9.13 Å². The van der Waals surface area contributed by atoms with E-state index in [1.165, 1.54) is 97.3 Å². The van der Waals surface area contributed by atoms with Crippen LogP contribution in [0, 0.1) is 5.92 Å². The number of nitrogens with zero attached hydrogens (tertiary/aromatic N) is 2. The third-order valence-electron chi connectivity index (χ3n) is 10.8. The SMILES string of the molecule is CC1C=Cc2c(sc3cc4c(cc23)c(-c2ccc3c(c2)c2ccccc2n3-c2ccccc2)cc2cc3c(ccn3-c3ccccc3)cc24)C1. The minimum atomic E-state index is 0.577. The summed E-state index contributed by atoms with van der Waals surface area (Å²) in [6.07, 6.45) is 8.07. The lowest BCUT2D eigenvalue weighted by Crippen LogP contribution is -1.99. The molecule has 11 rings (SSSR count). The molecule has 1 atom stereocenters. The number of benzene rings is 7. The lowest BCUT2D eigenvalue weighted by molar-refractivity contribution is 0.728. The van der Waals surface area contributed by atoms with Gasteiger partial charge in [-0.3, -0.25) is 0 Å². The molecule has 3 heterocycles. The molecule has 0 bridgehead atoms. The van der Waals surface area contributed by atoms with Gasteiger partial charge < -0.3 is 9.13 Å². The maximum Gasteiger partial charge on any atom is 0.0541 e. The largest absolute Gasteiger partial charge is 0.317 e. The van der Waals surface area contributed by atoms with Crippen molar-refractivity contribution in [3.05, 3.63) is 162 Å². The van der Waals surface area contributed by atoms with Gasteiger partial charge in [-0.25, -0.2) is 0 Å². The summed E-state index contributed by atoms with van der Waals surface area (Å²) < 4.78 is 6.09. The average Bonchev–Trinajstić information content (AvgIpc) is 3.84. The van der Waals surface area contributed by atoms with Crippen molar-refractivity contribution in [2.24, 2.45) is 5.92 Å². The van der Waals surface area contributed by atoms with Crippen LogP contribution >= 0.6 is 11.3 Å². The highest BCUT2D eigenvalue weighted by Crippen LogP contribution is 2.45. The Morgan fingerprint density at radius 1 is 0.560 bits per heavy atom. The smallest absolute Gasteiger partial charge is 0.0541 e. The second-order valence-electron chi connectivity index (χ2n) is 13.9. The van der Waals surface area contributed by atoms with Crippen molar-refractivity contribution in [1.29, 1.82) is 0 Å². The van der Waals surface area contributed by atoms with Gasteiger partial charge >= 0.3 is 0 Å². The number of aromatic nitrogens is 2. The average molecular weight is 657 g/mol. The summed E-state index contributed by atoms with van der Waals surface area (Å²) in [5.41, 5.74) is 9.96. The van der Waals surface area contributed by atoms with Gasteiger partial charge in [-0.05, 0) is 129 Å². The van der Waals surface area contributed by atoms with Crippen LogP contribution in [0.2, 0.25) is 0 Å². The molecule has 1 aliphatic carbocycles. The summed E-state index contributed by atoms with van der Waals surface area (Å²) in [7, 11) is 0. The molecule has 10 aromatic rings. The molecule has 1 aliphatic rings. The number of rotatable bonds is 3. The van der Waals surface area contributed by atoms with E-state index in [9.17, 15) is 0 Å². The molecular weight excluding hydrogens is 625 g/mol. The van der Waals surface area contributed by atoms with Crippen molar-refractivity contribution in [3.8, 4) is 22.5 Å². The summed E-state index contributed by atoms with van der Waals surface area (Å²) in [6, 6.07) is 51.8. The zero-order chi connectivity index (χ0) is 32.9. The summed E-state index contributed by atoms with van der Waals surface area (Å²) in [4.78, 5) is 1.51. The predicted octanol–water partition coefficient (Wildman–Crippen LogP) is 13.1. The van der Waals surface area contributed by atoms with Crippen LogP contribution in [0.5, 0.6) is 0 Å². The molecule has 236 valence electrons. The van der Waals surface area contributed by atoms with E-state index in [4.69, 9.17) is 0 Å². The van der Waals surface area contributed by atoms with Crippen molar-refractivity contribution < 1.29 is 0 Å². The Morgan fingerprint density at radius 3 is 2.20 bits per heavy atom. The molecule has 0 saturated heterocycles. The highest BCUT2D eigenvalue weighted by molar-refractivity contribution is 7.19. The number of thiophene rings is 1. The molecular formula is C47H32N2S. The van der Waals surface area contributed by atoms with Gasteiger partial charge in [0, 0.05) is 48.7 Å². The van der Waals surface area contributed by atoms with Crippen molar-refractivity contribution in [1.82, 2.24) is 9.13 Å². The van der Waals surface area contributed by atoms with E-state index in [0.717, 1.165) is 6.42 Å². The van der Waals surface area contributed by atoms with Gasteiger partial charge in [-0.15, -0.1) is 11.3 Å². The number of para-hydroxylation sites is 3. The van der Waals surface area contributed by atoms with E-state index >= 15 is 0 Å². The van der Waals surface area contributed by atoms with Crippen LogP contribution in [0.3, 0.4) is 0 Å². The van der Waals surface area contributed by atoms with Crippen LogP contribution in [0.1, 0.15) is 17.4 Å². The summed E-state index contributed by atoms with van der Waals surface area (Å²) in [5, 5.41) is 10.4. The number of hydrogen-bond donors (Lipinski definition) is 0.